The molecule has 0 saturated carbocycles. The number of nitrogens with two attached hydrogens (primary N) is 1. The third kappa shape index (κ3) is 3.61. The normalized spacial score (nSPS) is 9.50. The number of halogens is 1. The fraction of sp³-hybridized carbons (Fsp3) is 0.250. The highest BCUT2D eigenvalue weighted by Crippen LogP contribution is 2.17. The van der Waals surface area contributed by atoms with E-state index in [0.29, 0.717) is 12.4 Å². The zero-order valence-electron chi connectivity index (χ0n) is 7.37. The van der Waals surface area contributed by atoms with Crippen LogP contribution in [0.25, 0.3) is 0 Å². The molecule has 3 N–H and O–H groups in total. The minimum atomic E-state index is -0.771. The molecule has 6 heteroatoms. The minimum absolute atomic E-state index is 0.221. The monoisotopic (exact) mass is 259 g/mol. The quantitative estimate of drug-likeness (QED) is 0.801. The van der Waals surface area contributed by atoms with E-state index in [1.165, 1.54) is 0 Å². The molecule has 1 heterocycles. The predicted octanol–water partition coefficient (Wildman–Crippen LogP) is 1.35. The van der Waals surface area contributed by atoms with Crippen molar-refractivity contribution in [3.63, 3.8) is 0 Å². The number of ether oxygens (including phenoxy) is 1. The molecule has 14 heavy (non-hydrogen) atoms. The van der Waals surface area contributed by atoms with Gasteiger partial charge in [0.25, 0.3) is 0 Å². The summed E-state index contributed by atoms with van der Waals surface area (Å²) >= 11 is 3.32. The van der Waals surface area contributed by atoms with E-state index in [2.05, 4.69) is 31.0 Å². The van der Waals surface area contributed by atoms with Gasteiger partial charge in [0.2, 0.25) is 0 Å². The van der Waals surface area contributed by atoms with Crippen LogP contribution < -0.4 is 11.1 Å². The first-order valence-corrected chi connectivity index (χ1v) is 4.76. The minimum Gasteiger partial charge on any atom is -0.448 e. The lowest BCUT2D eigenvalue weighted by molar-refractivity contribution is 0.161. The van der Waals surface area contributed by atoms with Crippen LogP contribution in [0.15, 0.2) is 22.8 Å². The molecule has 0 atom stereocenters. The van der Waals surface area contributed by atoms with E-state index in [-0.39, 0.29) is 6.61 Å². The van der Waals surface area contributed by atoms with Gasteiger partial charge in [0, 0.05) is 6.20 Å². The molecule has 0 aliphatic heterocycles. The average molecular weight is 260 g/mol. The zero-order valence-corrected chi connectivity index (χ0v) is 8.95. The molecule has 0 unspecified atom stereocenters. The molecule has 0 aliphatic rings. The number of aromatic nitrogens is 1. The van der Waals surface area contributed by atoms with Crippen molar-refractivity contribution in [2.24, 2.45) is 5.73 Å². The number of hydrogen-bond donors (Lipinski definition) is 2. The van der Waals surface area contributed by atoms with Gasteiger partial charge in [-0.1, -0.05) is 0 Å². The number of carbonyl (C=O) groups is 1. The van der Waals surface area contributed by atoms with Gasteiger partial charge in [0.15, 0.2) is 0 Å². The SMILES string of the molecule is NC(=O)OCCNc1ncccc1Br. The topological polar surface area (TPSA) is 77.2 Å². The number of anilines is 1. The number of nitrogens with one attached hydrogen (secondary N) is 1. The van der Waals surface area contributed by atoms with E-state index in [0.717, 1.165) is 4.47 Å². The van der Waals surface area contributed by atoms with E-state index < -0.39 is 6.09 Å². The molecule has 0 aromatic carbocycles. The summed E-state index contributed by atoms with van der Waals surface area (Å²) in [5.74, 6) is 0.709. The molecule has 76 valence electrons. The van der Waals surface area contributed by atoms with Gasteiger partial charge in [-0.2, -0.15) is 0 Å². The summed E-state index contributed by atoms with van der Waals surface area (Å²) in [5.41, 5.74) is 4.79. The molecule has 1 aromatic rings. The maximum Gasteiger partial charge on any atom is 0.404 e. The standard InChI is InChI=1S/C8H10BrN3O2/c9-6-2-1-3-11-7(6)12-4-5-14-8(10)13/h1-3H,4-5H2,(H2,10,13)(H,11,12). The second-order valence-corrected chi connectivity index (χ2v) is 3.28. The first-order chi connectivity index (χ1) is 6.70. The van der Waals surface area contributed by atoms with Gasteiger partial charge in [0.1, 0.15) is 12.4 Å². The smallest absolute Gasteiger partial charge is 0.404 e. The lowest BCUT2D eigenvalue weighted by Gasteiger charge is -2.06. The molecule has 5 nitrogen and oxygen atoms in total. The Bertz CT molecular complexity index is 319. The Kier molecular flexibility index (Phi) is 4.18. The van der Waals surface area contributed by atoms with E-state index in [1.54, 1.807) is 6.20 Å². The van der Waals surface area contributed by atoms with E-state index in [9.17, 15) is 4.79 Å². The van der Waals surface area contributed by atoms with Crippen LogP contribution in [-0.4, -0.2) is 24.2 Å². The summed E-state index contributed by atoms with van der Waals surface area (Å²) in [6, 6.07) is 3.68. The maximum absolute atomic E-state index is 10.2. The lowest BCUT2D eigenvalue weighted by Crippen LogP contribution is -2.18. The average Bonchev–Trinajstić information content (AvgIpc) is 2.15. The summed E-state index contributed by atoms with van der Waals surface area (Å²) in [5, 5.41) is 2.98. The van der Waals surface area contributed by atoms with Gasteiger partial charge in [0.05, 0.1) is 11.0 Å². The Labute approximate surface area is 89.8 Å². The van der Waals surface area contributed by atoms with E-state index in [1.807, 2.05) is 12.1 Å². The van der Waals surface area contributed by atoms with Crippen molar-refractivity contribution in [1.29, 1.82) is 0 Å². The fourth-order valence-electron chi connectivity index (χ4n) is 0.837. The maximum atomic E-state index is 10.2. The van der Waals surface area contributed by atoms with Crippen molar-refractivity contribution in [2.75, 3.05) is 18.5 Å². The summed E-state index contributed by atoms with van der Waals surface area (Å²) in [4.78, 5) is 14.3. The van der Waals surface area contributed by atoms with E-state index >= 15 is 0 Å². The largest absolute Gasteiger partial charge is 0.448 e. The first kappa shape index (κ1) is 10.8. The summed E-state index contributed by atoms with van der Waals surface area (Å²) < 4.78 is 5.40. The van der Waals surface area contributed by atoms with Gasteiger partial charge in [-0.05, 0) is 28.1 Å². The first-order valence-electron chi connectivity index (χ1n) is 3.97. The summed E-state index contributed by atoms with van der Waals surface area (Å²) in [6.07, 6.45) is 0.897. The van der Waals surface area contributed by atoms with Crippen molar-refractivity contribution in [3.8, 4) is 0 Å². The van der Waals surface area contributed by atoms with E-state index in [4.69, 9.17) is 5.73 Å². The molecule has 0 bridgehead atoms. The van der Waals surface area contributed by atoms with Crippen molar-refractivity contribution in [1.82, 2.24) is 4.98 Å². The molecule has 0 aliphatic carbocycles. The Morgan fingerprint density at radius 3 is 3.14 bits per heavy atom. The lowest BCUT2D eigenvalue weighted by atomic mass is 10.4. The van der Waals surface area contributed by atoms with Crippen LogP contribution >= 0.6 is 15.9 Å². The second kappa shape index (κ2) is 5.43. The fourth-order valence-corrected chi connectivity index (χ4v) is 1.23. The van der Waals surface area contributed by atoms with Crippen LogP contribution in [0.5, 0.6) is 0 Å². The molecule has 1 amide bonds. The third-order valence-corrected chi connectivity index (χ3v) is 2.04. The molecule has 1 rings (SSSR count). The van der Waals surface area contributed by atoms with Crippen molar-refractivity contribution < 1.29 is 9.53 Å². The second-order valence-electron chi connectivity index (χ2n) is 2.43. The Hall–Kier alpha value is -1.30. The highest BCUT2D eigenvalue weighted by molar-refractivity contribution is 9.10. The van der Waals surface area contributed by atoms with Crippen LogP contribution in [0.2, 0.25) is 0 Å². The number of nitrogens with zero attached hydrogens (tertiary/aromatic N) is 1. The zero-order chi connectivity index (χ0) is 10.4. The van der Waals surface area contributed by atoms with Crippen LogP contribution in [-0.2, 0) is 4.74 Å². The predicted molar refractivity (Wildman–Crippen MR) is 56.0 cm³/mol. The van der Waals surface area contributed by atoms with Gasteiger partial charge >= 0.3 is 6.09 Å². The van der Waals surface area contributed by atoms with Crippen molar-refractivity contribution in [2.45, 2.75) is 0 Å². The molecule has 0 spiro atoms. The highest BCUT2D eigenvalue weighted by atomic mass is 79.9. The van der Waals surface area contributed by atoms with Crippen LogP contribution in [0, 0.1) is 0 Å². The number of hydrogen-bond acceptors (Lipinski definition) is 4. The van der Waals surface area contributed by atoms with Gasteiger partial charge in [-0.15, -0.1) is 0 Å². The van der Waals surface area contributed by atoms with Gasteiger partial charge < -0.3 is 15.8 Å². The number of amides is 1. The number of primary amides is 1. The highest BCUT2D eigenvalue weighted by Gasteiger charge is 1.98. The Morgan fingerprint density at radius 2 is 2.50 bits per heavy atom. The Balaban J connectivity index is 2.31. The van der Waals surface area contributed by atoms with Crippen LogP contribution in [0.3, 0.4) is 0 Å². The molecule has 0 saturated heterocycles. The molecule has 0 radical (unpaired) electrons. The molecular weight excluding hydrogens is 250 g/mol. The number of carbonyl (C=O) groups excluding carboxylic acids is 1. The van der Waals surface area contributed by atoms with Crippen molar-refractivity contribution >= 4 is 27.8 Å². The number of pyridine rings is 1. The molecule has 0 fully saturated rings. The van der Waals surface area contributed by atoms with Gasteiger partial charge in [-0.25, -0.2) is 9.78 Å². The molecular formula is C8H10BrN3O2. The summed E-state index contributed by atoms with van der Waals surface area (Å²) in [7, 11) is 0. The Morgan fingerprint density at radius 1 is 1.71 bits per heavy atom. The van der Waals surface area contributed by atoms with Crippen LogP contribution in [0.1, 0.15) is 0 Å². The number of rotatable bonds is 4. The van der Waals surface area contributed by atoms with Crippen molar-refractivity contribution in [3.05, 3.63) is 22.8 Å². The van der Waals surface area contributed by atoms with Gasteiger partial charge in [-0.3, -0.25) is 0 Å². The van der Waals surface area contributed by atoms with Crippen LogP contribution in [0.4, 0.5) is 10.6 Å². The molecule has 1 aromatic heterocycles. The summed E-state index contributed by atoms with van der Waals surface area (Å²) in [6.45, 7) is 0.691. The third-order valence-electron chi connectivity index (χ3n) is 1.40.